The SMILES string of the molecule is CC1CN(c2ccc3cc(Br)ccc3c2)CCN1. The van der Waals surface area contributed by atoms with Gasteiger partial charge < -0.3 is 10.2 Å². The van der Waals surface area contributed by atoms with Crippen LogP contribution < -0.4 is 10.2 Å². The van der Waals surface area contributed by atoms with E-state index in [1.165, 1.54) is 16.5 Å². The highest BCUT2D eigenvalue weighted by Gasteiger charge is 2.15. The standard InChI is InChI=1S/C15H17BrN2/c1-11-10-18(7-6-17-11)15-5-3-12-8-14(16)4-2-13(12)9-15/h2-5,8-9,11,17H,6-7,10H2,1H3. The number of anilines is 1. The van der Waals surface area contributed by atoms with Gasteiger partial charge in [0.2, 0.25) is 0 Å². The van der Waals surface area contributed by atoms with Crippen molar-refractivity contribution in [1.29, 1.82) is 0 Å². The van der Waals surface area contributed by atoms with Crippen molar-refractivity contribution in [3.05, 3.63) is 40.9 Å². The van der Waals surface area contributed by atoms with Crippen molar-refractivity contribution in [2.75, 3.05) is 24.5 Å². The van der Waals surface area contributed by atoms with Gasteiger partial charge in [-0.3, -0.25) is 0 Å². The third-order valence-corrected chi connectivity index (χ3v) is 4.01. The van der Waals surface area contributed by atoms with Crippen molar-refractivity contribution in [3.8, 4) is 0 Å². The fourth-order valence-electron chi connectivity index (χ4n) is 2.57. The van der Waals surface area contributed by atoms with Gasteiger partial charge in [-0.2, -0.15) is 0 Å². The first-order valence-electron chi connectivity index (χ1n) is 6.40. The molecule has 18 heavy (non-hydrogen) atoms. The zero-order chi connectivity index (χ0) is 12.5. The average Bonchev–Trinajstić information content (AvgIpc) is 2.38. The molecule has 0 aromatic heterocycles. The molecule has 3 rings (SSSR count). The van der Waals surface area contributed by atoms with E-state index in [2.05, 4.69) is 69.5 Å². The highest BCUT2D eigenvalue weighted by Crippen LogP contribution is 2.25. The molecule has 1 saturated heterocycles. The zero-order valence-corrected chi connectivity index (χ0v) is 12.1. The fourth-order valence-corrected chi connectivity index (χ4v) is 2.95. The maximum absolute atomic E-state index is 3.52. The predicted molar refractivity (Wildman–Crippen MR) is 81.3 cm³/mol. The first-order valence-corrected chi connectivity index (χ1v) is 7.19. The molecule has 2 aromatic rings. The van der Waals surface area contributed by atoms with Gasteiger partial charge in [-0.1, -0.05) is 28.1 Å². The van der Waals surface area contributed by atoms with Crippen LogP contribution in [0, 0.1) is 0 Å². The number of piperazine rings is 1. The van der Waals surface area contributed by atoms with E-state index in [1.807, 2.05) is 0 Å². The number of fused-ring (bicyclic) bond motifs is 1. The molecule has 3 heteroatoms. The zero-order valence-electron chi connectivity index (χ0n) is 10.5. The van der Waals surface area contributed by atoms with E-state index in [0.29, 0.717) is 6.04 Å². The Kier molecular flexibility index (Phi) is 3.27. The maximum atomic E-state index is 3.52. The maximum Gasteiger partial charge on any atom is 0.0373 e. The van der Waals surface area contributed by atoms with Gasteiger partial charge in [-0.25, -0.2) is 0 Å². The summed E-state index contributed by atoms with van der Waals surface area (Å²) < 4.78 is 1.14. The fraction of sp³-hybridized carbons (Fsp3) is 0.333. The Labute approximate surface area is 116 Å². The number of hydrogen-bond acceptors (Lipinski definition) is 2. The monoisotopic (exact) mass is 304 g/mol. The quantitative estimate of drug-likeness (QED) is 0.868. The summed E-state index contributed by atoms with van der Waals surface area (Å²) in [4.78, 5) is 2.46. The van der Waals surface area contributed by atoms with Crippen LogP contribution in [0.25, 0.3) is 10.8 Å². The minimum absolute atomic E-state index is 0.569. The molecule has 1 heterocycles. The van der Waals surface area contributed by atoms with Crippen LogP contribution in [0.15, 0.2) is 40.9 Å². The van der Waals surface area contributed by atoms with Crippen LogP contribution in [0.5, 0.6) is 0 Å². The Morgan fingerprint density at radius 3 is 2.78 bits per heavy atom. The molecule has 2 nitrogen and oxygen atoms in total. The summed E-state index contributed by atoms with van der Waals surface area (Å²) in [5.41, 5.74) is 1.33. The normalized spacial score (nSPS) is 20.3. The summed E-state index contributed by atoms with van der Waals surface area (Å²) in [7, 11) is 0. The number of nitrogens with zero attached hydrogens (tertiary/aromatic N) is 1. The van der Waals surface area contributed by atoms with Crippen LogP contribution in [-0.4, -0.2) is 25.7 Å². The van der Waals surface area contributed by atoms with Crippen LogP contribution in [0.3, 0.4) is 0 Å². The van der Waals surface area contributed by atoms with Crippen LogP contribution >= 0.6 is 15.9 Å². The number of benzene rings is 2. The van der Waals surface area contributed by atoms with Crippen molar-refractivity contribution in [3.63, 3.8) is 0 Å². The van der Waals surface area contributed by atoms with E-state index in [0.717, 1.165) is 24.1 Å². The van der Waals surface area contributed by atoms with Crippen LogP contribution in [-0.2, 0) is 0 Å². The lowest BCUT2D eigenvalue weighted by molar-refractivity contribution is 0.485. The Bertz CT molecular complexity index is 567. The molecule has 1 unspecified atom stereocenters. The molecule has 2 aromatic carbocycles. The van der Waals surface area contributed by atoms with Gasteiger partial charge in [0.25, 0.3) is 0 Å². The Hall–Kier alpha value is -1.06. The van der Waals surface area contributed by atoms with E-state index >= 15 is 0 Å². The molecule has 0 radical (unpaired) electrons. The summed E-state index contributed by atoms with van der Waals surface area (Å²) in [5, 5.41) is 6.07. The molecule has 0 bridgehead atoms. The second-order valence-corrected chi connectivity index (χ2v) is 5.89. The van der Waals surface area contributed by atoms with Gasteiger partial charge in [-0.15, -0.1) is 0 Å². The van der Waals surface area contributed by atoms with Crippen LogP contribution in [0.2, 0.25) is 0 Å². The summed E-state index contributed by atoms with van der Waals surface area (Å²) in [6.45, 7) is 5.48. The molecule has 1 aliphatic rings. The lowest BCUT2D eigenvalue weighted by atomic mass is 10.1. The molecule has 0 aliphatic carbocycles. The number of rotatable bonds is 1. The Morgan fingerprint density at radius 1 is 1.17 bits per heavy atom. The smallest absolute Gasteiger partial charge is 0.0373 e. The highest BCUT2D eigenvalue weighted by atomic mass is 79.9. The van der Waals surface area contributed by atoms with Gasteiger partial charge in [0.15, 0.2) is 0 Å². The Morgan fingerprint density at radius 2 is 1.94 bits per heavy atom. The van der Waals surface area contributed by atoms with Crippen molar-refractivity contribution < 1.29 is 0 Å². The van der Waals surface area contributed by atoms with E-state index < -0.39 is 0 Å². The van der Waals surface area contributed by atoms with Crippen molar-refractivity contribution in [2.24, 2.45) is 0 Å². The van der Waals surface area contributed by atoms with Gasteiger partial charge in [-0.05, 0) is 42.0 Å². The van der Waals surface area contributed by atoms with Crippen LogP contribution in [0.4, 0.5) is 5.69 Å². The molecule has 94 valence electrons. The van der Waals surface area contributed by atoms with E-state index in [-0.39, 0.29) is 0 Å². The summed E-state index contributed by atoms with van der Waals surface area (Å²) in [6.07, 6.45) is 0. The molecule has 1 atom stereocenters. The summed E-state index contributed by atoms with van der Waals surface area (Å²) in [5.74, 6) is 0. The number of nitrogens with one attached hydrogen (secondary N) is 1. The Balaban J connectivity index is 1.95. The third-order valence-electron chi connectivity index (χ3n) is 3.52. The highest BCUT2D eigenvalue weighted by molar-refractivity contribution is 9.10. The van der Waals surface area contributed by atoms with Crippen molar-refractivity contribution in [1.82, 2.24) is 5.32 Å². The molecule has 0 saturated carbocycles. The van der Waals surface area contributed by atoms with E-state index in [4.69, 9.17) is 0 Å². The third kappa shape index (κ3) is 2.38. The lowest BCUT2D eigenvalue weighted by Gasteiger charge is -2.33. The van der Waals surface area contributed by atoms with Gasteiger partial charge in [0.05, 0.1) is 0 Å². The average molecular weight is 305 g/mol. The number of hydrogen-bond donors (Lipinski definition) is 1. The van der Waals surface area contributed by atoms with Crippen LogP contribution in [0.1, 0.15) is 6.92 Å². The molecule has 1 N–H and O–H groups in total. The second-order valence-electron chi connectivity index (χ2n) is 4.98. The first-order chi connectivity index (χ1) is 8.72. The largest absolute Gasteiger partial charge is 0.369 e. The molecule has 1 aliphatic heterocycles. The van der Waals surface area contributed by atoms with Crippen molar-refractivity contribution in [2.45, 2.75) is 13.0 Å². The van der Waals surface area contributed by atoms with Gasteiger partial charge >= 0.3 is 0 Å². The molecular formula is C15H17BrN2. The second kappa shape index (κ2) is 4.90. The predicted octanol–water partition coefficient (Wildman–Crippen LogP) is 3.40. The summed E-state index contributed by atoms with van der Waals surface area (Å²) in [6, 6.07) is 13.7. The minimum Gasteiger partial charge on any atom is -0.369 e. The molecule has 0 spiro atoms. The lowest BCUT2D eigenvalue weighted by Crippen LogP contribution is -2.49. The van der Waals surface area contributed by atoms with E-state index in [1.54, 1.807) is 0 Å². The van der Waals surface area contributed by atoms with Crippen molar-refractivity contribution >= 4 is 32.4 Å². The molecule has 1 fully saturated rings. The topological polar surface area (TPSA) is 15.3 Å². The van der Waals surface area contributed by atoms with Gasteiger partial charge in [0.1, 0.15) is 0 Å². The summed E-state index contributed by atoms with van der Waals surface area (Å²) >= 11 is 3.52. The minimum atomic E-state index is 0.569. The number of halogens is 1. The molecule has 0 amide bonds. The molecular weight excluding hydrogens is 288 g/mol. The van der Waals surface area contributed by atoms with E-state index in [9.17, 15) is 0 Å². The first kappa shape index (κ1) is 12.0. The van der Waals surface area contributed by atoms with Gasteiger partial charge in [0, 0.05) is 35.8 Å².